The number of carbonyl (C=O) groups is 2. The number of ether oxygens (including phenoxy) is 1. The molecule has 0 aliphatic carbocycles. The number of rotatable bonds is 9. The van der Waals surface area contributed by atoms with Crippen LogP contribution in [0.3, 0.4) is 0 Å². The number of aryl methyl sites for hydroxylation is 3. The molecule has 10 heteroatoms. The number of nitrogens with zero attached hydrogens (tertiary/aromatic N) is 3. The summed E-state index contributed by atoms with van der Waals surface area (Å²) in [5.74, 6) is -0.836. The van der Waals surface area contributed by atoms with E-state index < -0.39 is 10.8 Å². The minimum Gasteiger partial charge on any atom is -0.385 e. The van der Waals surface area contributed by atoms with Gasteiger partial charge in [0.1, 0.15) is 6.54 Å². The Morgan fingerprint density at radius 3 is 2.62 bits per heavy atom. The number of aromatic nitrogens is 1. The van der Waals surface area contributed by atoms with Crippen LogP contribution < -0.4 is 5.32 Å². The van der Waals surface area contributed by atoms with E-state index >= 15 is 0 Å². The summed E-state index contributed by atoms with van der Waals surface area (Å²) in [6, 6.07) is 4.30. The highest BCUT2D eigenvalue weighted by atomic mass is 32.1. The first-order valence-electron chi connectivity index (χ1n) is 9.00. The molecule has 1 aromatic heterocycles. The first kappa shape index (κ1) is 22.4. The number of methoxy groups -OCH3 is 1. The molecule has 0 spiro atoms. The Kier molecular flexibility index (Phi) is 7.80. The predicted octanol–water partition coefficient (Wildman–Crippen LogP) is 3.09. The molecule has 1 heterocycles. The maximum absolute atomic E-state index is 12.9. The van der Waals surface area contributed by atoms with Crippen LogP contribution in [-0.4, -0.2) is 53.4 Å². The van der Waals surface area contributed by atoms with Crippen molar-refractivity contribution in [3.05, 3.63) is 50.0 Å². The topological polar surface area (TPSA) is 115 Å². The molecule has 0 saturated carbocycles. The largest absolute Gasteiger partial charge is 0.385 e. The summed E-state index contributed by atoms with van der Waals surface area (Å²) < 4.78 is 5.02. The van der Waals surface area contributed by atoms with Crippen molar-refractivity contribution >= 4 is 34.0 Å². The van der Waals surface area contributed by atoms with E-state index in [0.717, 1.165) is 10.6 Å². The van der Waals surface area contributed by atoms with Gasteiger partial charge >= 0.3 is 0 Å². The number of hydrogen-bond donors (Lipinski definition) is 1. The molecule has 1 aromatic carbocycles. The van der Waals surface area contributed by atoms with Crippen LogP contribution in [0.2, 0.25) is 0 Å². The number of amides is 2. The smallest absolute Gasteiger partial charge is 0.273 e. The Morgan fingerprint density at radius 1 is 1.31 bits per heavy atom. The van der Waals surface area contributed by atoms with Gasteiger partial charge < -0.3 is 15.0 Å². The van der Waals surface area contributed by atoms with E-state index in [0.29, 0.717) is 23.7 Å². The molecule has 0 radical (unpaired) electrons. The lowest BCUT2D eigenvalue weighted by molar-refractivity contribution is -0.385. The summed E-state index contributed by atoms with van der Waals surface area (Å²) >= 11 is 1.36. The Bertz CT molecular complexity index is 892. The highest BCUT2D eigenvalue weighted by Gasteiger charge is 2.22. The van der Waals surface area contributed by atoms with Gasteiger partial charge in [-0.1, -0.05) is 6.07 Å². The molecule has 0 fully saturated rings. The zero-order valence-corrected chi connectivity index (χ0v) is 17.7. The van der Waals surface area contributed by atoms with Crippen LogP contribution in [0, 0.1) is 30.9 Å². The summed E-state index contributed by atoms with van der Waals surface area (Å²) in [5.41, 5.74) is 1.33. The molecule has 0 saturated heterocycles. The van der Waals surface area contributed by atoms with E-state index in [9.17, 15) is 19.7 Å². The van der Waals surface area contributed by atoms with Gasteiger partial charge in [-0.15, -0.1) is 11.3 Å². The normalized spacial score (nSPS) is 10.6. The summed E-state index contributed by atoms with van der Waals surface area (Å²) in [7, 11) is 1.55. The molecule has 2 amide bonds. The van der Waals surface area contributed by atoms with Gasteiger partial charge in [-0.3, -0.25) is 19.7 Å². The standard InChI is InChI=1S/C19H24N4O5S/c1-12-6-7-15(10-16(12)23(26)27)18(25)22(8-5-9-28-4)11-17(24)21-19-20-13(2)14(3)29-19/h6-7,10H,5,8-9,11H2,1-4H3,(H,20,21,24). The van der Waals surface area contributed by atoms with Crippen LogP contribution in [0.15, 0.2) is 18.2 Å². The van der Waals surface area contributed by atoms with Crippen molar-refractivity contribution in [2.24, 2.45) is 0 Å². The molecule has 0 aliphatic rings. The lowest BCUT2D eigenvalue weighted by Gasteiger charge is -2.22. The van der Waals surface area contributed by atoms with Crippen molar-refractivity contribution in [1.82, 2.24) is 9.88 Å². The molecule has 1 N–H and O–H groups in total. The van der Waals surface area contributed by atoms with Gasteiger partial charge in [-0.25, -0.2) is 4.98 Å². The molecule has 0 aliphatic heterocycles. The van der Waals surface area contributed by atoms with E-state index in [1.54, 1.807) is 14.0 Å². The van der Waals surface area contributed by atoms with Crippen molar-refractivity contribution in [2.75, 3.05) is 32.1 Å². The molecule has 29 heavy (non-hydrogen) atoms. The zero-order chi connectivity index (χ0) is 21.6. The molecular formula is C19H24N4O5S. The van der Waals surface area contributed by atoms with Crippen molar-refractivity contribution in [1.29, 1.82) is 0 Å². The zero-order valence-electron chi connectivity index (χ0n) is 16.9. The quantitative estimate of drug-likeness (QED) is 0.379. The van der Waals surface area contributed by atoms with Crippen LogP contribution in [-0.2, 0) is 9.53 Å². The Hall–Kier alpha value is -2.85. The number of benzene rings is 1. The van der Waals surface area contributed by atoms with Gasteiger partial charge in [-0.2, -0.15) is 0 Å². The van der Waals surface area contributed by atoms with Crippen molar-refractivity contribution in [3.63, 3.8) is 0 Å². The lowest BCUT2D eigenvalue weighted by Crippen LogP contribution is -2.39. The Morgan fingerprint density at radius 2 is 2.03 bits per heavy atom. The van der Waals surface area contributed by atoms with Gasteiger partial charge in [-0.05, 0) is 33.3 Å². The SMILES string of the molecule is COCCCN(CC(=O)Nc1nc(C)c(C)s1)C(=O)c1ccc(C)c([N+](=O)[O-])c1. The number of hydrogen-bond acceptors (Lipinski definition) is 7. The second-order valence-electron chi connectivity index (χ2n) is 6.54. The Balaban J connectivity index is 2.17. The number of nitro benzene ring substituents is 1. The fourth-order valence-electron chi connectivity index (χ4n) is 2.63. The Labute approximate surface area is 172 Å². The number of anilines is 1. The molecule has 156 valence electrons. The molecular weight excluding hydrogens is 396 g/mol. The number of nitrogens with one attached hydrogen (secondary N) is 1. The summed E-state index contributed by atoms with van der Waals surface area (Å²) in [5, 5.41) is 14.4. The molecule has 2 aromatic rings. The van der Waals surface area contributed by atoms with Crippen LogP contribution in [0.5, 0.6) is 0 Å². The predicted molar refractivity (Wildman–Crippen MR) is 110 cm³/mol. The van der Waals surface area contributed by atoms with Crippen molar-refractivity contribution in [2.45, 2.75) is 27.2 Å². The number of thiazole rings is 1. The van der Waals surface area contributed by atoms with Crippen LogP contribution in [0.25, 0.3) is 0 Å². The van der Waals surface area contributed by atoms with E-state index in [-0.39, 0.29) is 30.2 Å². The summed E-state index contributed by atoms with van der Waals surface area (Å²) in [6.07, 6.45) is 0.527. The average molecular weight is 420 g/mol. The monoisotopic (exact) mass is 420 g/mol. The molecule has 0 bridgehead atoms. The third-order valence-corrected chi connectivity index (χ3v) is 5.31. The van der Waals surface area contributed by atoms with E-state index in [1.807, 2.05) is 13.8 Å². The lowest BCUT2D eigenvalue weighted by atomic mass is 10.1. The first-order chi connectivity index (χ1) is 13.7. The van der Waals surface area contributed by atoms with Gasteiger partial charge in [0.05, 0.1) is 10.6 Å². The van der Waals surface area contributed by atoms with Gasteiger partial charge in [0.25, 0.3) is 11.6 Å². The third kappa shape index (κ3) is 6.06. The third-order valence-electron chi connectivity index (χ3n) is 4.33. The van der Waals surface area contributed by atoms with Gasteiger partial charge in [0.2, 0.25) is 5.91 Å². The maximum atomic E-state index is 12.9. The van der Waals surface area contributed by atoms with E-state index in [4.69, 9.17) is 4.74 Å². The minimum absolute atomic E-state index is 0.133. The van der Waals surface area contributed by atoms with E-state index in [2.05, 4.69) is 10.3 Å². The van der Waals surface area contributed by atoms with Crippen LogP contribution >= 0.6 is 11.3 Å². The number of carbonyl (C=O) groups excluding carboxylic acids is 2. The molecule has 0 unspecified atom stereocenters. The van der Waals surface area contributed by atoms with Crippen LogP contribution in [0.1, 0.15) is 32.9 Å². The number of nitro groups is 1. The molecule has 0 atom stereocenters. The van der Waals surface area contributed by atoms with Gasteiger partial charge in [0.15, 0.2) is 5.13 Å². The molecule has 2 rings (SSSR count). The highest BCUT2D eigenvalue weighted by Crippen LogP contribution is 2.22. The van der Waals surface area contributed by atoms with Gasteiger partial charge in [0, 0.05) is 42.3 Å². The van der Waals surface area contributed by atoms with Crippen molar-refractivity contribution in [3.8, 4) is 0 Å². The fourth-order valence-corrected chi connectivity index (χ4v) is 3.46. The molecule has 9 nitrogen and oxygen atoms in total. The van der Waals surface area contributed by atoms with Crippen molar-refractivity contribution < 1.29 is 19.2 Å². The fraction of sp³-hybridized carbons (Fsp3) is 0.421. The highest BCUT2D eigenvalue weighted by molar-refractivity contribution is 7.15. The second-order valence-corrected chi connectivity index (χ2v) is 7.74. The van der Waals surface area contributed by atoms with E-state index in [1.165, 1.54) is 34.4 Å². The minimum atomic E-state index is -0.527. The second kappa shape index (κ2) is 10.1. The average Bonchev–Trinajstić information content (AvgIpc) is 2.97. The summed E-state index contributed by atoms with van der Waals surface area (Å²) in [4.78, 5) is 42.7. The van der Waals surface area contributed by atoms with Crippen LogP contribution in [0.4, 0.5) is 10.8 Å². The summed E-state index contributed by atoms with van der Waals surface area (Å²) in [6.45, 7) is 5.87. The maximum Gasteiger partial charge on any atom is 0.273 e. The first-order valence-corrected chi connectivity index (χ1v) is 9.81.